The molecule has 0 aliphatic carbocycles. The monoisotopic (exact) mass is 230 g/mol. The summed E-state index contributed by atoms with van der Waals surface area (Å²) in [5.74, 6) is 1.85. The number of hydrogen-bond acceptors (Lipinski definition) is 3. The summed E-state index contributed by atoms with van der Waals surface area (Å²) in [6, 6.07) is 2.07. The lowest BCUT2D eigenvalue weighted by Crippen LogP contribution is -2.17. The number of aromatic nitrogens is 4. The van der Waals surface area contributed by atoms with Crippen LogP contribution < -0.4 is 0 Å². The molecule has 0 aliphatic heterocycles. The Kier molecular flexibility index (Phi) is 2.73. The summed E-state index contributed by atoms with van der Waals surface area (Å²) in [7, 11) is 2.00. The topological polar surface area (TPSA) is 43.6 Å². The predicted molar refractivity (Wildman–Crippen MR) is 67.7 cm³/mol. The van der Waals surface area contributed by atoms with Crippen LogP contribution in [0.25, 0.3) is 11.4 Å². The average molecular weight is 230 g/mol. The lowest BCUT2D eigenvalue weighted by atomic mass is 9.96. The van der Waals surface area contributed by atoms with Crippen LogP contribution in [0.3, 0.4) is 0 Å². The maximum absolute atomic E-state index is 4.28. The van der Waals surface area contributed by atoms with Crippen LogP contribution >= 0.6 is 0 Å². The summed E-state index contributed by atoms with van der Waals surface area (Å²) in [5.41, 5.74) is 2.13. The molecule has 0 fully saturated rings. The normalized spacial score (nSPS) is 11.8. The van der Waals surface area contributed by atoms with E-state index >= 15 is 0 Å². The SMILES string of the molecule is Cc1cncc(-c2nnc(C(C)(C)C)n2C)c1. The van der Waals surface area contributed by atoms with Crippen molar-refractivity contribution in [3.8, 4) is 11.4 Å². The predicted octanol–water partition coefficient (Wildman–Crippen LogP) is 2.48. The lowest BCUT2D eigenvalue weighted by molar-refractivity contribution is 0.521. The van der Waals surface area contributed by atoms with Crippen molar-refractivity contribution in [3.63, 3.8) is 0 Å². The molecule has 2 heterocycles. The van der Waals surface area contributed by atoms with Gasteiger partial charge in [0.2, 0.25) is 0 Å². The van der Waals surface area contributed by atoms with Gasteiger partial charge in [-0.3, -0.25) is 4.98 Å². The van der Waals surface area contributed by atoms with Crippen molar-refractivity contribution in [2.24, 2.45) is 7.05 Å². The van der Waals surface area contributed by atoms with Gasteiger partial charge in [0.05, 0.1) is 0 Å². The molecule has 0 aromatic carbocycles. The van der Waals surface area contributed by atoms with Gasteiger partial charge in [-0.15, -0.1) is 10.2 Å². The second kappa shape index (κ2) is 3.95. The van der Waals surface area contributed by atoms with E-state index < -0.39 is 0 Å². The van der Waals surface area contributed by atoms with E-state index in [1.807, 2.05) is 30.9 Å². The first-order valence-corrected chi connectivity index (χ1v) is 5.71. The molecule has 0 aliphatic rings. The summed E-state index contributed by atoms with van der Waals surface area (Å²) < 4.78 is 2.04. The Morgan fingerprint density at radius 3 is 2.35 bits per heavy atom. The molecular weight excluding hydrogens is 212 g/mol. The van der Waals surface area contributed by atoms with E-state index in [9.17, 15) is 0 Å². The number of pyridine rings is 1. The fraction of sp³-hybridized carbons (Fsp3) is 0.462. The van der Waals surface area contributed by atoms with Gasteiger partial charge in [-0.1, -0.05) is 20.8 Å². The molecule has 90 valence electrons. The Bertz CT molecular complexity index is 535. The maximum Gasteiger partial charge on any atom is 0.165 e. The van der Waals surface area contributed by atoms with Gasteiger partial charge < -0.3 is 4.57 Å². The van der Waals surface area contributed by atoms with Gasteiger partial charge in [0.1, 0.15) is 5.82 Å². The minimum atomic E-state index is -0.00272. The highest BCUT2D eigenvalue weighted by molar-refractivity contribution is 5.54. The second-order valence-electron chi connectivity index (χ2n) is 5.41. The van der Waals surface area contributed by atoms with Gasteiger partial charge in [-0.25, -0.2) is 0 Å². The summed E-state index contributed by atoms with van der Waals surface area (Å²) in [4.78, 5) is 4.19. The lowest BCUT2D eigenvalue weighted by Gasteiger charge is -2.17. The Hall–Kier alpha value is -1.71. The van der Waals surface area contributed by atoms with E-state index in [1.165, 1.54) is 0 Å². The summed E-state index contributed by atoms with van der Waals surface area (Å²) in [6.45, 7) is 8.43. The molecule has 0 saturated heterocycles. The van der Waals surface area contributed by atoms with Crippen molar-refractivity contribution >= 4 is 0 Å². The molecule has 2 aromatic rings. The molecule has 4 nitrogen and oxygen atoms in total. The molecule has 2 aromatic heterocycles. The van der Waals surface area contributed by atoms with Crippen molar-refractivity contribution in [1.29, 1.82) is 0 Å². The fourth-order valence-electron chi connectivity index (χ4n) is 1.91. The quantitative estimate of drug-likeness (QED) is 0.756. The van der Waals surface area contributed by atoms with Crippen LogP contribution in [0, 0.1) is 6.92 Å². The first-order chi connectivity index (χ1) is 7.89. The van der Waals surface area contributed by atoms with Crippen LogP contribution in [-0.4, -0.2) is 19.7 Å². The first kappa shape index (κ1) is 11.8. The molecule has 0 spiro atoms. The maximum atomic E-state index is 4.28. The number of rotatable bonds is 1. The molecule has 0 N–H and O–H groups in total. The second-order valence-corrected chi connectivity index (χ2v) is 5.41. The molecule has 17 heavy (non-hydrogen) atoms. The van der Waals surface area contributed by atoms with E-state index in [-0.39, 0.29) is 5.41 Å². The van der Waals surface area contributed by atoms with Crippen molar-refractivity contribution in [2.75, 3.05) is 0 Å². The summed E-state index contributed by atoms with van der Waals surface area (Å²) in [5, 5.41) is 8.54. The zero-order valence-corrected chi connectivity index (χ0v) is 11.0. The third kappa shape index (κ3) is 2.20. The van der Waals surface area contributed by atoms with Crippen LogP contribution in [0.1, 0.15) is 32.2 Å². The van der Waals surface area contributed by atoms with E-state index in [0.29, 0.717) is 0 Å². The van der Waals surface area contributed by atoms with Gasteiger partial charge in [0.15, 0.2) is 5.82 Å². The fourth-order valence-corrected chi connectivity index (χ4v) is 1.91. The third-order valence-electron chi connectivity index (χ3n) is 2.68. The van der Waals surface area contributed by atoms with Gasteiger partial charge >= 0.3 is 0 Å². The largest absolute Gasteiger partial charge is 0.314 e. The molecule has 0 unspecified atom stereocenters. The smallest absolute Gasteiger partial charge is 0.165 e. The minimum absolute atomic E-state index is 0.00272. The highest BCUT2D eigenvalue weighted by Crippen LogP contribution is 2.24. The van der Waals surface area contributed by atoms with Gasteiger partial charge in [-0.2, -0.15) is 0 Å². The van der Waals surface area contributed by atoms with Crippen molar-refractivity contribution in [2.45, 2.75) is 33.1 Å². The van der Waals surface area contributed by atoms with Crippen molar-refractivity contribution in [1.82, 2.24) is 19.7 Å². The Balaban J connectivity index is 2.52. The van der Waals surface area contributed by atoms with E-state index in [2.05, 4.69) is 42.0 Å². The highest BCUT2D eigenvalue weighted by atomic mass is 15.3. The van der Waals surface area contributed by atoms with Gasteiger partial charge in [0, 0.05) is 30.4 Å². The highest BCUT2D eigenvalue weighted by Gasteiger charge is 2.22. The van der Waals surface area contributed by atoms with Crippen LogP contribution in [0.15, 0.2) is 18.5 Å². The van der Waals surface area contributed by atoms with Crippen molar-refractivity contribution < 1.29 is 0 Å². The van der Waals surface area contributed by atoms with E-state index in [4.69, 9.17) is 0 Å². The summed E-state index contributed by atoms with van der Waals surface area (Å²) >= 11 is 0. The first-order valence-electron chi connectivity index (χ1n) is 5.71. The van der Waals surface area contributed by atoms with Gasteiger partial charge in [0.25, 0.3) is 0 Å². The van der Waals surface area contributed by atoms with Crippen LogP contribution in [0.2, 0.25) is 0 Å². The molecule has 0 amide bonds. The standard InChI is InChI=1S/C13H18N4/c1-9-6-10(8-14-7-9)11-15-16-12(17(11)5)13(2,3)4/h6-8H,1-5H3. The zero-order chi connectivity index (χ0) is 12.6. The number of nitrogens with zero attached hydrogens (tertiary/aromatic N) is 4. The van der Waals surface area contributed by atoms with E-state index in [0.717, 1.165) is 22.8 Å². The Morgan fingerprint density at radius 2 is 1.82 bits per heavy atom. The van der Waals surface area contributed by atoms with Gasteiger partial charge in [-0.05, 0) is 18.6 Å². The molecule has 0 saturated carbocycles. The van der Waals surface area contributed by atoms with E-state index in [1.54, 1.807) is 0 Å². The third-order valence-corrected chi connectivity index (χ3v) is 2.68. The zero-order valence-electron chi connectivity index (χ0n) is 11.0. The summed E-state index contributed by atoms with van der Waals surface area (Å²) in [6.07, 6.45) is 3.66. The molecule has 4 heteroatoms. The Morgan fingerprint density at radius 1 is 1.12 bits per heavy atom. The van der Waals surface area contributed by atoms with Crippen molar-refractivity contribution in [3.05, 3.63) is 29.8 Å². The Labute approximate surface area is 102 Å². The molecule has 0 atom stereocenters. The average Bonchev–Trinajstić information content (AvgIpc) is 2.59. The molecule has 2 rings (SSSR count). The molecular formula is C13H18N4. The van der Waals surface area contributed by atoms with Crippen LogP contribution in [0.4, 0.5) is 0 Å². The molecule has 0 bridgehead atoms. The number of hydrogen-bond donors (Lipinski definition) is 0. The molecule has 0 radical (unpaired) electrons. The van der Waals surface area contributed by atoms with Crippen LogP contribution in [-0.2, 0) is 12.5 Å². The van der Waals surface area contributed by atoms with Crippen LogP contribution in [0.5, 0.6) is 0 Å². The minimum Gasteiger partial charge on any atom is -0.314 e. The number of aryl methyl sites for hydroxylation is 1.